The molecule has 0 radical (unpaired) electrons. The molecule has 0 saturated heterocycles. The number of benzene rings is 1. The van der Waals surface area contributed by atoms with Gasteiger partial charge in [0.25, 0.3) is 0 Å². The maximum absolute atomic E-state index is 12.6. The van der Waals surface area contributed by atoms with Gasteiger partial charge in [0.05, 0.1) is 5.56 Å². The van der Waals surface area contributed by atoms with Gasteiger partial charge in [-0.1, -0.05) is 18.2 Å². The molecule has 5 nitrogen and oxygen atoms in total. The molecular formula is C18H18F6N4O. The Morgan fingerprint density at radius 3 is 2.00 bits per heavy atom. The van der Waals surface area contributed by atoms with Crippen molar-refractivity contribution in [3.63, 3.8) is 0 Å². The standard InChI is InChI=1S/C18H18F6N4O/c1-25-16(27-8-12-2-5-14(6-3-12)18(22,23)24)28-10-13-4-7-15(26-9-13)29-11-17(19,20)21/h2-7,9H,8,10-11H2,1H3,(H2,25,27,28). The Kier molecular flexibility index (Phi) is 7.29. The van der Waals surface area contributed by atoms with E-state index in [4.69, 9.17) is 0 Å². The van der Waals surface area contributed by atoms with Gasteiger partial charge in [-0.05, 0) is 23.3 Å². The third-order valence-electron chi connectivity index (χ3n) is 3.61. The van der Waals surface area contributed by atoms with E-state index in [0.29, 0.717) is 17.1 Å². The van der Waals surface area contributed by atoms with Crippen molar-refractivity contribution >= 4 is 5.96 Å². The minimum atomic E-state index is -4.44. The maximum atomic E-state index is 12.6. The molecule has 158 valence electrons. The molecule has 0 spiro atoms. The second-order valence-electron chi connectivity index (χ2n) is 5.88. The van der Waals surface area contributed by atoms with Gasteiger partial charge in [-0.3, -0.25) is 4.99 Å². The van der Waals surface area contributed by atoms with Crippen LogP contribution >= 0.6 is 0 Å². The lowest BCUT2D eigenvalue weighted by atomic mass is 10.1. The van der Waals surface area contributed by atoms with E-state index in [1.54, 1.807) is 6.07 Å². The quantitative estimate of drug-likeness (QED) is 0.423. The summed E-state index contributed by atoms with van der Waals surface area (Å²) in [7, 11) is 1.52. The largest absolute Gasteiger partial charge is 0.468 e. The van der Waals surface area contributed by atoms with Crippen LogP contribution in [0.15, 0.2) is 47.6 Å². The molecule has 2 rings (SSSR count). The van der Waals surface area contributed by atoms with Gasteiger partial charge in [0.15, 0.2) is 12.6 Å². The molecule has 0 bridgehead atoms. The summed E-state index contributed by atoms with van der Waals surface area (Å²) in [6, 6.07) is 7.61. The van der Waals surface area contributed by atoms with Crippen molar-refractivity contribution in [1.82, 2.24) is 15.6 Å². The molecule has 0 aliphatic rings. The number of pyridine rings is 1. The number of nitrogens with one attached hydrogen (secondary N) is 2. The van der Waals surface area contributed by atoms with Gasteiger partial charge in [0.1, 0.15) is 0 Å². The van der Waals surface area contributed by atoms with Crippen LogP contribution in [0.2, 0.25) is 0 Å². The van der Waals surface area contributed by atoms with Gasteiger partial charge in [-0.2, -0.15) is 26.3 Å². The zero-order valence-corrected chi connectivity index (χ0v) is 15.2. The summed E-state index contributed by atoms with van der Waals surface area (Å²) in [6.45, 7) is -0.891. The van der Waals surface area contributed by atoms with Crippen LogP contribution in [0.25, 0.3) is 0 Å². The van der Waals surface area contributed by atoms with Crippen LogP contribution in [0.1, 0.15) is 16.7 Å². The van der Waals surface area contributed by atoms with Gasteiger partial charge in [-0.15, -0.1) is 0 Å². The molecule has 0 saturated carbocycles. The molecule has 0 atom stereocenters. The van der Waals surface area contributed by atoms with Crippen LogP contribution in [0, 0.1) is 0 Å². The molecular weight excluding hydrogens is 402 g/mol. The Hall–Kier alpha value is -2.98. The summed E-state index contributed by atoms with van der Waals surface area (Å²) in [5.41, 5.74) is 0.578. The second kappa shape index (κ2) is 9.48. The molecule has 1 aromatic carbocycles. The van der Waals surface area contributed by atoms with E-state index in [2.05, 4.69) is 25.3 Å². The fourth-order valence-corrected chi connectivity index (χ4v) is 2.16. The normalized spacial score (nSPS) is 12.6. The fourth-order valence-electron chi connectivity index (χ4n) is 2.16. The average molecular weight is 420 g/mol. The van der Waals surface area contributed by atoms with Crippen LogP contribution in [0.5, 0.6) is 5.88 Å². The number of nitrogens with zero attached hydrogens (tertiary/aromatic N) is 2. The minimum absolute atomic E-state index is 0.143. The predicted molar refractivity (Wildman–Crippen MR) is 94.3 cm³/mol. The number of ether oxygens (including phenoxy) is 1. The number of hydrogen-bond acceptors (Lipinski definition) is 3. The van der Waals surface area contributed by atoms with E-state index >= 15 is 0 Å². The summed E-state index contributed by atoms with van der Waals surface area (Å²) in [4.78, 5) is 7.79. The average Bonchev–Trinajstić information content (AvgIpc) is 2.66. The molecule has 29 heavy (non-hydrogen) atoms. The van der Waals surface area contributed by atoms with Crippen LogP contribution < -0.4 is 15.4 Å². The Morgan fingerprint density at radius 1 is 0.931 bits per heavy atom. The summed E-state index contributed by atoms with van der Waals surface area (Å²) >= 11 is 0. The molecule has 0 unspecified atom stereocenters. The molecule has 0 amide bonds. The summed E-state index contributed by atoms with van der Waals surface area (Å²) < 4.78 is 78.5. The monoisotopic (exact) mass is 420 g/mol. The molecule has 1 heterocycles. The van der Waals surface area contributed by atoms with Crippen molar-refractivity contribution in [2.24, 2.45) is 4.99 Å². The molecule has 0 aliphatic heterocycles. The maximum Gasteiger partial charge on any atom is 0.422 e. The van der Waals surface area contributed by atoms with Crippen molar-refractivity contribution in [3.05, 3.63) is 59.3 Å². The topological polar surface area (TPSA) is 58.5 Å². The van der Waals surface area contributed by atoms with Crippen LogP contribution in [-0.2, 0) is 19.3 Å². The first-order chi connectivity index (χ1) is 13.6. The number of guanidine groups is 1. The third kappa shape index (κ3) is 7.88. The van der Waals surface area contributed by atoms with Gasteiger partial charge in [-0.25, -0.2) is 4.98 Å². The van der Waals surface area contributed by atoms with E-state index < -0.39 is 24.5 Å². The first-order valence-corrected chi connectivity index (χ1v) is 8.32. The SMILES string of the molecule is CN=C(NCc1ccc(C(F)(F)F)cc1)NCc1ccc(OCC(F)(F)F)nc1. The molecule has 11 heteroatoms. The third-order valence-corrected chi connectivity index (χ3v) is 3.61. The number of halogens is 6. The number of aromatic nitrogens is 1. The van der Waals surface area contributed by atoms with Crippen molar-refractivity contribution in [2.75, 3.05) is 13.7 Å². The minimum Gasteiger partial charge on any atom is -0.468 e. The Morgan fingerprint density at radius 2 is 1.52 bits per heavy atom. The van der Waals surface area contributed by atoms with Gasteiger partial charge in [0, 0.05) is 32.4 Å². The Balaban J connectivity index is 1.81. The van der Waals surface area contributed by atoms with Crippen molar-refractivity contribution < 1.29 is 31.1 Å². The summed E-state index contributed by atoms with van der Waals surface area (Å²) in [5.74, 6) is 0.248. The van der Waals surface area contributed by atoms with E-state index in [1.807, 2.05) is 0 Å². The lowest BCUT2D eigenvalue weighted by Crippen LogP contribution is -2.36. The number of hydrogen-bond donors (Lipinski definition) is 2. The van der Waals surface area contributed by atoms with E-state index in [1.165, 1.54) is 31.4 Å². The van der Waals surface area contributed by atoms with Crippen LogP contribution in [0.4, 0.5) is 26.3 Å². The van der Waals surface area contributed by atoms with Gasteiger partial charge in [0.2, 0.25) is 5.88 Å². The van der Waals surface area contributed by atoms with Gasteiger partial charge < -0.3 is 15.4 Å². The smallest absolute Gasteiger partial charge is 0.422 e. The van der Waals surface area contributed by atoms with Crippen molar-refractivity contribution in [1.29, 1.82) is 0 Å². The lowest BCUT2D eigenvalue weighted by Gasteiger charge is -2.13. The molecule has 2 aromatic rings. The number of aliphatic imine (C=N–C) groups is 1. The van der Waals surface area contributed by atoms with E-state index in [-0.39, 0.29) is 19.0 Å². The van der Waals surface area contributed by atoms with Crippen molar-refractivity contribution in [2.45, 2.75) is 25.4 Å². The Bertz CT molecular complexity index is 801. The second-order valence-corrected chi connectivity index (χ2v) is 5.88. The highest BCUT2D eigenvalue weighted by atomic mass is 19.4. The lowest BCUT2D eigenvalue weighted by molar-refractivity contribution is -0.154. The van der Waals surface area contributed by atoms with Gasteiger partial charge >= 0.3 is 12.4 Å². The highest BCUT2D eigenvalue weighted by Gasteiger charge is 2.30. The highest BCUT2D eigenvalue weighted by molar-refractivity contribution is 5.79. The fraction of sp³-hybridized carbons (Fsp3) is 0.333. The predicted octanol–water partition coefficient (Wildman–Crippen LogP) is 3.91. The summed E-state index contributed by atoms with van der Waals surface area (Å²) in [6.07, 6.45) is -7.46. The van der Waals surface area contributed by atoms with E-state index in [9.17, 15) is 26.3 Å². The number of rotatable bonds is 6. The van der Waals surface area contributed by atoms with Crippen LogP contribution in [0.3, 0.4) is 0 Å². The summed E-state index contributed by atoms with van der Waals surface area (Å²) in [5, 5.41) is 5.92. The number of alkyl halides is 6. The Labute approximate surface area is 162 Å². The molecule has 0 aliphatic carbocycles. The molecule has 2 N–H and O–H groups in total. The van der Waals surface area contributed by atoms with Crippen molar-refractivity contribution in [3.8, 4) is 5.88 Å². The zero-order chi connectivity index (χ0) is 21.5. The first-order valence-electron chi connectivity index (χ1n) is 8.32. The molecule has 1 aromatic heterocycles. The first kappa shape index (κ1) is 22.3. The molecule has 0 fully saturated rings. The zero-order valence-electron chi connectivity index (χ0n) is 15.2. The van der Waals surface area contributed by atoms with E-state index in [0.717, 1.165) is 12.1 Å². The van der Waals surface area contributed by atoms with Crippen LogP contribution in [-0.4, -0.2) is 30.8 Å². The highest BCUT2D eigenvalue weighted by Crippen LogP contribution is 2.29.